The molecule has 0 saturated heterocycles. The Morgan fingerprint density at radius 1 is 1.00 bits per heavy atom. The fraction of sp³-hybridized carbons (Fsp3) is 0.143. The molecule has 0 aliphatic rings. The Morgan fingerprint density at radius 2 is 1.65 bits per heavy atom. The molecule has 3 aromatic rings. The molecule has 0 spiro atoms. The fourth-order valence-electron chi connectivity index (χ4n) is 2.92. The first kappa shape index (κ1) is 18.2. The van der Waals surface area contributed by atoms with E-state index in [0.717, 1.165) is 39.2 Å². The van der Waals surface area contributed by atoms with E-state index in [0.29, 0.717) is 5.56 Å². The van der Waals surface area contributed by atoms with Crippen molar-refractivity contribution in [3.05, 3.63) is 71.8 Å². The van der Waals surface area contributed by atoms with Crippen LogP contribution in [-0.2, 0) is 4.79 Å². The van der Waals surface area contributed by atoms with Gasteiger partial charge in [0.1, 0.15) is 6.04 Å². The lowest BCUT2D eigenvalue weighted by molar-refractivity contribution is -0.137. The number of carboxylic acid groups (broad SMARTS) is 1. The van der Waals surface area contributed by atoms with Crippen LogP contribution in [-0.4, -0.2) is 28.0 Å². The smallest absolute Gasteiger partial charge is 0.321 e. The maximum Gasteiger partial charge on any atom is 0.321 e. The topological polar surface area (TPSA) is 80.4 Å². The van der Waals surface area contributed by atoms with Gasteiger partial charge in [0, 0.05) is 11.3 Å². The zero-order chi connectivity index (χ0) is 18.7. The van der Waals surface area contributed by atoms with E-state index < -0.39 is 12.0 Å². The van der Waals surface area contributed by atoms with Gasteiger partial charge in [0.05, 0.1) is 0 Å². The summed E-state index contributed by atoms with van der Waals surface area (Å²) in [4.78, 5) is 23.4. The van der Waals surface area contributed by atoms with Crippen molar-refractivity contribution in [2.45, 2.75) is 13.0 Å². The highest BCUT2D eigenvalue weighted by Gasteiger charge is 2.18. The summed E-state index contributed by atoms with van der Waals surface area (Å²) >= 11 is 0.943. The van der Waals surface area contributed by atoms with E-state index in [4.69, 9.17) is 10.8 Å². The van der Waals surface area contributed by atoms with Crippen LogP contribution in [0.3, 0.4) is 0 Å². The average molecular weight is 365 g/mol. The Hall–Kier alpha value is -2.63. The van der Waals surface area contributed by atoms with Crippen LogP contribution in [0.15, 0.2) is 60.7 Å². The minimum Gasteiger partial charge on any atom is -0.480 e. The van der Waals surface area contributed by atoms with Crippen molar-refractivity contribution in [1.29, 1.82) is 0 Å². The zero-order valence-electron chi connectivity index (χ0n) is 14.3. The van der Waals surface area contributed by atoms with Crippen LogP contribution in [0.4, 0.5) is 0 Å². The van der Waals surface area contributed by atoms with Crippen molar-refractivity contribution in [3.8, 4) is 11.1 Å². The lowest BCUT2D eigenvalue weighted by Gasteiger charge is -2.13. The zero-order valence-corrected chi connectivity index (χ0v) is 15.1. The number of aliphatic carboxylic acids is 1. The summed E-state index contributed by atoms with van der Waals surface area (Å²) in [7, 11) is 0. The first-order valence-corrected chi connectivity index (χ1v) is 9.21. The molecule has 0 amide bonds. The van der Waals surface area contributed by atoms with Gasteiger partial charge in [-0.25, -0.2) is 0 Å². The molecule has 0 fully saturated rings. The number of fused-ring (bicyclic) bond motifs is 1. The van der Waals surface area contributed by atoms with Crippen LogP contribution in [0.5, 0.6) is 0 Å². The molecule has 0 aliphatic carbocycles. The van der Waals surface area contributed by atoms with Crippen LogP contribution in [0.2, 0.25) is 0 Å². The van der Waals surface area contributed by atoms with Crippen molar-refractivity contribution in [3.63, 3.8) is 0 Å². The first-order valence-electron chi connectivity index (χ1n) is 8.22. The summed E-state index contributed by atoms with van der Waals surface area (Å²) in [6, 6.07) is 18.8. The number of hydrogen-bond donors (Lipinski definition) is 2. The second kappa shape index (κ2) is 7.72. The number of nitrogens with two attached hydrogens (primary N) is 1. The normalized spacial score (nSPS) is 12.1. The second-order valence-electron chi connectivity index (χ2n) is 6.05. The third kappa shape index (κ3) is 3.64. The predicted octanol–water partition coefficient (Wildman–Crippen LogP) is 4.10. The molecule has 0 bridgehead atoms. The molecule has 1 unspecified atom stereocenters. The molecule has 0 saturated carbocycles. The van der Waals surface area contributed by atoms with Gasteiger partial charge < -0.3 is 10.8 Å². The van der Waals surface area contributed by atoms with Gasteiger partial charge >= 0.3 is 5.97 Å². The highest BCUT2D eigenvalue weighted by Crippen LogP contribution is 2.33. The van der Waals surface area contributed by atoms with Crippen molar-refractivity contribution >= 4 is 33.6 Å². The molecule has 4 nitrogen and oxygen atoms in total. The van der Waals surface area contributed by atoms with E-state index in [1.54, 1.807) is 6.07 Å². The van der Waals surface area contributed by atoms with E-state index in [-0.39, 0.29) is 10.9 Å². The Morgan fingerprint density at radius 3 is 2.42 bits per heavy atom. The van der Waals surface area contributed by atoms with E-state index in [1.807, 2.05) is 43.3 Å². The van der Waals surface area contributed by atoms with Crippen molar-refractivity contribution in [2.75, 3.05) is 5.75 Å². The molecule has 1 atom stereocenters. The summed E-state index contributed by atoms with van der Waals surface area (Å²) in [5, 5.41) is 11.0. The number of carbonyl (C=O) groups excluding carboxylic acids is 1. The molecule has 132 valence electrons. The molecular formula is C21H19NO3S. The fourth-order valence-corrected chi connectivity index (χ4v) is 3.77. The van der Waals surface area contributed by atoms with Gasteiger partial charge in [-0.3, -0.25) is 9.59 Å². The summed E-state index contributed by atoms with van der Waals surface area (Å²) in [5.41, 5.74) is 9.02. The van der Waals surface area contributed by atoms with Gasteiger partial charge in [-0.15, -0.1) is 0 Å². The minimum atomic E-state index is -1.11. The lowest BCUT2D eigenvalue weighted by Crippen LogP contribution is -2.32. The molecule has 26 heavy (non-hydrogen) atoms. The van der Waals surface area contributed by atoms with Crippen LogP contribution in [0.25, 0.3) is 21.9 Å². The maximum atomic E-state index is 12.6. The van der Waals surface area contributed by atoms with Crippen LogP contribution < -0.4 is 5.73 Å². The molecular weight excluding hydrogens is 346 g/mol. The van der Waals surface area contributed by atoms with Gasteiger partial charge in [-0.1, -0.05) is 72.4 Å². The highest BCUT2D eigenvalue weighted by atomic mass is 32.2. The molecule has 3 rings (SSSR count). The molecule has 0 aliphatic heterocycles. The quantitative estimate of drug-likeness (QED) is 0.711. The number of thioether (sulfide) groups is 1. The number of benzene rings is 3. The van der Waals surface area contributed by atoms with Crippen molar-refractivity contribution < 1.29 is 14.7 Å². The van der Waals surface area contributed by atoms with Crippen molar-refractivity contribution in [2.24, 2.45) is 5.73 Å². The molecule has 3 N–H and O–H groups in total. The molecule has 0 heterocycles. The van der Waals surface area contributed by atoms with Crippen LogP contribution in [0.1, 0.15) is 15.9 Å². The van der Waals surface area contributed by atoms with E-state index >= 15 is 0 Å². The van der Waals surface area contributed by atoms with E-state index in [2.05, 4.69) is 18.2 Å². The third-order valence-electron chi connectivity index (χ3n) is 4.34. The van der Waals surface area contributed by atoms with Gasteiger partial charge in [0.25, 0.3) is 0 Å². The Balaban J connectivity index is 1.97. The summed E-state index contributed by atoms with van der Waals surface area (Å²) in [6.07, 6.45) is 0. The molecule has 0 radical (unpaired) electrons. The first-order chi connectivity index (χ1) is 12.5. The largest absolute Gasteiger partial charge is 0.480 e. The minimum absolute atomic E-state index is 0.0477. The molecule has 5 heteroatoms. The second-order valence-corrected chi connectivity index (χ2v) is 7.04. The highest BCUT2D eigenvalue weighted by molar-refractivity contribution is 8.14. The SMILES string of the molecule is Cc1c(C(=O)SCC(N)C(=O)O)cccc1-c1cccc2ccccc12. The number of carbonyl (C=O) groups is 2. The Kier molecular flexibility index (Phi) is 5.40. The Bertz CT molecular complexity index is 979. The molecule has 3 aromatic carbocycles. The maximum absolute atomic E-state index is 12.6. The van der Waals surface area contributed by atoms with E-state index in [1.165, 1.54) is 0 Å². The van der Waals surface area contributed by atoms with Gasteiger partial charge in [0.15, 0.2) is 0 Å². The van der Waals surface area contributed by atoms with Gasteiger partial charge in [-0.05, 0) is 34.4 Å². The number of hydrogen-bond acceptors (Lipinski definition) is 4. The van der Waals surface area contributed by atoms with Gasteiger partial charge in [0.2, 0.25) is 5.12 Å². The summed E-state index contributed by atoms with van der Waals surface area (Å²) in [6.45, 7) is 1.92. The lowest BCUT2D eigenvalue weighted by atomic mass is 9.93. The van der Waals surface area contributed by atoms with Crippen molar-refractivity contribution in [1.82, 2.24) is 0 Å². The standard InChI is InChI=1S/C21H19NO3S/c1-13-15(18-11-4-7-14-6-2-3-8-17(14)18)9-5-10-16(13)21(25)26-12-19(22)20(23)24/h2-11,19H,12,22H2,1H3,(H,23,24). The monoisotopic (exact) mass is 365 g/mol. The summed E-state index contributed by atoms with van der Waals surface area (Å²) in [5.74, 6) is -1.06. The van der Waals surface area contributed by atoms with Gasteiger partial charge in [-0.2, -0.15) is 0 Å². The number of carboxylic acids is 1. The van der Waals surface area contributed by atoms with Crippen LogP contribution >= 0.6 is 11.8 Å². The average Bonchev–Trinajstić information content (AvgIpc) is 2.65. The van der Waals surface area contributed by atoms with Crippen LogP contribution in [0, 0.1) is 6.92 Å². The van der Waals surface area contributed by atoms with E-state index in [9.17, 15) is 9.59 Å². The Labute approximate surface area is 156 Å². The summed E-state index contributed by atoms with van der Waals surface area (Å²) < 4.78 is 0. The predicted molar refractivity (Wildman–Crippen MR) is 107 cm³/mol. The molecule has 0 aromatic heterocycles. The number of rotatable bonds is 5. The third-order valence-corrected chi connectivity index (χ3v) is 5.35.